The van der Waals surface area contributed by atoms with Crippen LogP contribution in [0.5, 0.6) is 5.75 Å². The van der Waals surface area contributed by atoms with E-state index >= 15 is 0 Å². The predicted octanol–water partition coefficient (Wildman–Crippen LogP) is 4.10. The van der Waals surface area contributed by atoms with Crippen molar-refractivity contribution in [2.45, 2.75) is 25.3 Å². The minimum atomic E-state index is -3.77. The lowest BCUT2D eigenvalue weighted by molar-refractivity contribution is 0.414. The first-order valence-corrected chi connectivity index (χ1v) is 9.99. The van der Waals surface area contributed by atoms with Crippen molar-refractivity contribution in [1.82, 2.24) is 4.98 Å². The summed E-state index contributed by atoms with van der Waals surface area (Å²) in [6.45, 7) is 3.91. The highest BCUT2D eigenvalue weighted by molar-refractivity contribution is 7.92. The van der Waals surface area contributed by atoms with Crippen molar-refractivity contribution >= 4 is 15.7 Å². The summed E-state index contributed by atoms with van der Waals surface area (Å²) in [6, 6.07) is 16.1. The first-order valence-electron chi connectivity index (χ1n) is 8.55. The number of anilines is 1. The summed E-state index contributed by atoms with van der Waals surface area (Å²) in [5, 5.41) is 0. The number of nitrogens with zero attached hydrogens (tertiary/aromatic N) is 2. The van der Waals surface area contributed by atoms with Crippen molar-refractivity contribution in [2.24, 2.45) is 0 Å². The van der Waals surface area contributed by atoms with Gasteiger partial charge in [0.05, 0.1) is 24.2 Å². The fraction of sp³-hybridized carbons (Fsp3) is 0.190. The molecule has 0 aliphatic heterocycles. The van der Waals surface area contributed by atoms with Crippen LogP contribution in [0.15, 0.2) is 71.9 Å². The molecule has 1 heterocycles. The van der Waals surface area contributed by atoms with E-state index in [1.165, 1.54) is 4.31 Å². The summed E-state index contributed by atoms with van der Waals surface area (Å²) < 4.78 is 33.7. The molecule has 0 bridgehead atoms. The molecule has 0 N–H and O–H groups in total. The SMILES string of the molecule is COc1ccc(S(=O)(=O)N(Cc2cccnc2)c2cccc(C)c2)c(C)c1. The molecule has 2 aromatic carbocycles. The molecule has 0 spiro atoms. The van der Waals surface area contributed by atoms with E-state index in [2.05, 4.69) is 4.98 Å². The van der Waals surface area contributed by atoms with E-state index < -0.39 is 10.0 Å². The average Bonchev–Trinajstić information content (AvgIpc) is 2.66. The van der Waals surface area contributed by atoms with Crippen LogP contribution in [-0.2, 0) is 16.6 Å². The van der Waals surface area contributed by atoms with E-state index in [-0.39, 0.29) is 11.4 Å². The molecule has 0 aliphatic carbocycles. The Labute approximate surface area is 160 Å². The van der Waals surface area contributed by atoms with E-state index in [9.17, 15) is 8.42 Å². The van der Waals surface area contributed by atoms with E-state index in [4.69, 9.17) is 4.74 Å². The monoisotopic (exact) mass is 382 g/mol. The lowest BCUT2D eigenvalue weighted by atomic mass is 10.2. The Balaban J connectivity index is 2.11. The molecule has 3 aromatic rings. The van der Waals surface area contributed by atoms with Gasteiger partial charge in [0.1, 0.15) is 5.75 Å². The largest absolute Gasteiger partial charge is 0.497 e. The maximum atomic E-state index is 13.5. The number of hydrogen-bond acceptors (Lipinski definition) is 4. The average molecular weight is 382 g/mol. The summed E-state index contributed by atoms with van der Waals surface area (Å²) in [6.07, 6.45) is 3.35. The van der Waals surface area contributed by atoms with Gasteiger partial charge in [-0.25, -0.2) is 8.42 Å². The number of methoxy groups -OCH3 is 1. The Bertz CT molecular complexity index is 1030. The number of benzene rings is 2. The van der Waals surface area contributed by atoms with E-state index in [0.717, 1.165) is 11.1 Å². The maximum absolute atomic E-state index is 13.5. The van der Waals surface area contributed by atoms with Gasteiger partial charge in [-0.3, -0.25) is 9.29 Å². The molecule has 0 radical (unpaired) electrons. The van der Waals surface area contributed by atoms with Crippen LogP contribution in [-0.4, -0.2) is 20.5 Å². The molecule has 0 atom stereocenters. The molecule has 0 unspecified atom stereocenters. The quantitative estimate of drug-likeness (QED) is 0.644. The topological polar surface area (TPSA) is 59.5 Å². The third kappa shape index (κ3) is 4.11. The summed E-state index contributed by atoms with van der Waals surface area (Å²) in [4.78, 5) is 4.36. The zero-order valence-electron chi connectivity index (χ0n) is 15.6. The summed E-state index contributed by atoms with van der Waals surface area (Å²) in [7, 11) is -2.21. The van der Waals surface area contributed by atoms with Gasteiger partial charge in [-0.05, 0) is 66.9 Å². The molecule has 1 aromatic heterocycles. The predicted molar refractivity (Wildman–Crippen MR) is 107 cm³/mol. The van der Waals surface area contributed by atoms with Crippen molar-refractivity contribution in [2.75, 3.05) is 11.4 Å². The van der Waals surface area contributed by atoms with Gasteiger partial charge in [-0.2, -0.15) is 0 Å². The summed E-state index contributed by atoms with van der Waals surface area (Å²) in [5.74, 6) is 0.626. The van der Waals surface area contributed by atoms with Crippen LogP contribution in [0.1, 0.15) is 16.7 Å². The number of ether oxygens (including phenoxy) is 1. The zero-order valence-corrected chi connectivity index (χ0v) is 16.4. The van der Waals surface area contributed by atoms with Crippen LogP contribution >= 0.6 is 0 Å². The molecule has 0 fully saturated rings. The minimum Gasteiger partial charge on any atom is -0.497 e. The lowest BCUT2D eigenvalue weighted by Crippen LogP contribution is -2.31. The van der Waals surface area contributed by atoms with E-state index in [0.29, 0.717) is 17.0 Å². The van der Waals surface area contributed by atoms with Gasteiger partial charge in [0, 0.05) is 12.4 Å². The first kappa shape index (κ1) is 18.9. The van der Waals surface area contributed by atoms with Gasteiger partial charge in [0.15, 0.2) is 0 Å². The van der Waals surface area contributed by atoms with Crippen LogP contribution in [0.4, 0.5) is 5.69 Å². The fourth-order valence-corrected chi connectivity index (χ4v) is 4.57. The number of rotatable bonds is 6. The number of sulfonamides is 1. The molecular weight excluding hydrogens is 360 g/mol. The molecule has 140 valence electrons. The van der Waals surface area contributed by atoms with Gasteiger partial charge in [-0.15, -0.1) is 0 Å². The normalized spacial score (nSPS) is 11.2. The molecular formula is C21H22N2O3S. The van der Waals surface area contributed by atoms with Crippen LogP contribution in [0.2, 0.25) is 0 Å². The Morgan fingerprint density at radius 3 is 2.48 bits per heavy atom. The first-order chi connectivity index (χ1) is 12.9. The highest BCUT2D eigenvalue weighted by atomic mass is 32.2. The molecule has 0 saturated heterocycles. The Hall–Kier alpha value is -2.86. The van der Waals surface area contributed by atoms with Gasteiger partial charge >= 0.3 is 0 Å². The highest BCUT2D eigenvalue weighted by Gasteiger charge is 2.27. The minimum absolute atomic E-state index is 0.199. The smallest absolute Gasteiger partial charge is 0.264 e. The van der Waals surface area contributed by atoms with Gasteiger partial charge in [-0.1, -0.05) is 18.2 Å². The maximum Gasteiger partial charge on any atom is 0.264 e. The Morgan fingerprint density at radius 2 is 1.85 bits per heavy atom. The standard InChI is InChI=1S/C21H22N2O3S/c1-16-6-4-8-19(12-16)23(15-18-7-5-11-22-14-18)27(24,25)21-10-9-20(26-3)13-17(21)2/h4-14H,15H2,1-3H3. The lowest BCUT2D eigenvalue weighted by Gasteiger charge is -2.26. The van der Waals surface area contributed by atoms with Crippen LogP contribution < -0.4 is 9.04 Å². The molecule has 5 nitrogen and oxygen atoms in total. The second kappa shape index (κ2) is 7.80. The van der Waals surface area contributed by atoms with Crippen LogP contribution in [0.3, 0.4) is 0 Å². The Morgan fingerprint density at radius 1 is 1.04 bits per heavy atom. The number of pyridine rings is 1. The third-order valence-corrected chi connectivity index (χ3v) is 6.22. The second-order valence-electron chi connectivity index (χ2n) is 6.34. The van der Waals surface area contributed by atoms with Crippen LogP contribution in [0, 0.1) is 13.8 Å². The Kier molecular flexibility index (Phi) is 5.46. The number of aromatic nitrogens is 1. The van der Waals surface area contributed by atoms with E-state index in [1.807, 2.05) is 31.2 Å². The molecule has 0 saturated carbocycles. The zero-order chi connectivity index (χ0) is 19.4. The van der Waals surface area contributed by atoms with Crippen molar-refractivity contribution in [3.05, 3.63) is 83.7 Å². The van der Waals surface area contributed by atoms with Gasteiger partial charge in [0.25, 0.3) is 10.0 Å². The van der Waals surface area contributed by atoms with Crippen molar-refractivity contribution in [3.63, 3.8) is 0 Å². The van der Waals surface area contributed by atoms with Crippen LogP contribution in [0.25, 0.3) is 0 Å². The summed E-state index contributed by atoms with van der Waals surface area (Å²) >= 11 is 0. The highest BCUT2D eigenvalue weighted by Crippen LogP contribution is 2.29. The molecule has 3 rings (SSSR count). The van der Waals surface area contributed by atoms with Crippen molar-refractivity contribution < 1.29 is 13.2 Å². The molecule has 0 amide bonds. The van der Waals surface area contributed by atoms with Crippen molar-refractivity contribution in [1.29, 1.82) is 0 Å². The van der Waals surface area contributed by atoms with Crippen molar-refractivity contribution in [3.8, 4) is 5.75 Å². The second-order valence-corrected chi connectivity index (χ2v) is 8.17. The van der Waals surface area contributed by atoms with E-state index in [1.54, 1.807) is 56.8 Å². The molecule has 27 heavy (non-hydrogen) atoms. The fourth-order valence-electron chi connectivity index (χ4n) is 2.91. The van der Waals surface area contributed by atoms with Gasteiger partial charge in [0.2, 0.25) is 0 Å². The molecule has 6 heteroatoms. The number of hydrogen-bond donors (Lipinski definition) is 0. The third-order valence-electron chi connectivity index (χ3n) is 4.29. The molecule has 0 aliphatic rings. The number of aryl methyl sites for hydroxylation is 2. The summed E-state index contributed by atoms with van der Waals surface area (Å²) in [5.41, 5.74) is 3.06. The van der Waals surface area contributed by atoms with Gasteiger partial charge < -0.3 is 4.74 Å².